The molecule has 0 radical (unpaired) electrons. The molecule has 1 aromatic carbocycles. The van der Waals surface area contributed by atoms with Gasteiger partial charge in [-0.05, 0) is 32.4 Å². The Bertz CT molecular complexity index is 867. The highest BCUT2D eigenvalue weighted by Gasteiger charge is 2.36. The van der Waals surface area contributed by atoms with Crippen LogP contribution in [0.5, 0.6) is 0 Å². The first-order valence-corrected chi connectivity index (χ1v) is 9.21. The van der Waals surface area contributed by atoms with Crippen LogP contribution in [0.1, 0.15) is 16.8 Å². The van der Waals surface area contributed by atoms with Gasteiger partial charge in [0.25, 0.3) is 15.9 Å². The largest absolute Gasteiger partial charge is 0.490 e. The molecular weight excluding hydrogens is 363 g/mol. The van der Waals surface area contributed by atoms with Crippen molar-refractivity contribution >= 4 is 28.5 Å². The van der Waals surface area contributed by atoms with Crippen molar-refractivity contribution in [2.75, 3.05) is 24.8 Å². The third-order valence-electron chi connectivity index (χ3n) is 3.83. The zero-order valence-electron chi connectivity index (χ0n) is 15.0. The van der Waals surface area contributed by atoms with Crippen molar-refractivity contribution in [2.24, 2.45) is 0 Å². The van der Waals surface area contributed by atoms with Gasteiger partial charge in [-0.15, -0.1) is 4.47 Å². The molecule has 0 saturated carbocycles. The van der Waals surface area contributed by atoms with Crippen LogP contribution < -0.4 is 9.93 Å². The van der Waals surface area contributed by atoms with E-state index in [1.54, 1.807) is 26.8 Å². The van der Waals surface area contributed by atoms with Crippen molar-refractivity contribution in [1.82, 2.24) is 5.16 Å². The van der Waals surface area contributed by atoms with Crippen LogP contribution in [-0.4, -0.2) is 51.1 Å². The van der Waals surface area contributed by atoms with Crippen LogP contribution in [0, 0.1) is 20.8 Å². The van der Waals surface area contributed by atoms with Gasteiger partial charge < -0.3 is 19.3 Å². The second-order valence-electron chi connectivity index (χ2n) is 5.62. The van der Waals surface area contributed by atoms with Crippen molar-refractivity contribution in [3.63, 3.8) is 0 Å². The van der Waals surface area contributed by atoms with Crippen LogP contribution in [0.25, 0.3) is 0 Å². The molecule has 0 aliphatic heterocycles. The molecule has 0 aliphatic carbocycles. The quantitative estimate of drug-likeness (QED) is 0.372. The summed E-state index contributed by atoms with van der Waals surface area (Å²) < 4.78 is 37.1. The van der Waals surface area contributed by atoms with Gasteiger partial charge in [-0.1, -0.05) is 17.3 Å². The highest BCUT2D eigenvalue weighted by atomic mass is 32.2. The summed E-state index contributed by atoms with van der Waals surface area (Å²) in [6.07, 6.45) is 0. The number of hydrogen-bond donors (Lipinski definition) is 2. The van der Waals surface area contributed by atoms with Crippen LogP contribution in [0.4, 0.5) is 5.88 Å². The molecule has 2 aromatic rings. The summed E-state index contributed by atoms with van der Waals surface area (Å²) in [6, 6.07) is 4.34. The van der Waals surface area contributed by atoms with Gasteiger partial charge in [-0.2, -0.15) is 8.42 Å². The van der Waals surface area contributed by atoms with Crippen LogP contribution in [0.2, 0.25) is 0 Å². The van der Waals surface area contributed by atoms with Crippen LogP contribution in [-0.2, 0) is 19.6 Å². The van der Waals surface area contributed by atoms with E-state index in [1.807, 2.05) is 0 Å². The highest BCUT2D eigenvalue weighted by Crippen LogP contribution is 2.28. The smallest absolute Gasteiger partial charge is 0.423 e. The summed E-state index contributed by atoms with van der Waals surface area (Å²) in [5.74, 6) is -0.113. The van der Waals surface area contributed by atoms with Gasteiger partial charge in [0.2, 0.25) is 0 Å². The van der Waals surface area contributed by atoms with E-state index in [-0.39, 0.29) is 29.5 Å². The SMILES string of the molecule is COCCON(c1onc(C)c1C)S(=O)(=O)c1cccc(C)c1B(O)O. The van der Waals surface area contributed by atoms with Crippen molar-refractivity contribution < 1.29 is 32.6 Å². The lowest BCUT2D eigenvalue weighted by Crippen LogP contribution is -2.41. The second-order valence-corrected chi connectivity index (χ2v) is 7.34. The van der Waals surface area contributed by atoms with E-state index in [4.69, 9.17) is 14.1 Å². The Labute approximate surface area is 152 Å². The maximum atomic E-state index is 13.2. The van der Waals surface area contributed by atoms with E-state index in [1.165, 1.54) is 19.2 Å². The summed E-state index contributed by atoms with van der Waals surface area (Å²) in [5.41, 5.74) is 1.25. The third-order valence-corrected chi connectivity index (χ3v) is 5.45. The minimum atomic E-state index is -4.34. The molecular formula is C15H21BN2O7S. The fraction of sp³-hybridized carbons (Fsp3) is 0.400. The summed E-state index contributed by atoms with van der Waals surface area (Å²) >= 11 is 0. The first kappa shape index (κ1) is 20.4. The lowest BCUT2D eigenvalue weighted by molar-refractivity contribution is 0.0727. The Hall–Kier alpha value is -1.92. The molecule has 1 aromatic heterocycles. The predicted octanol–water partition coefficient (Wildman–Crippen LogP) is 0.0530. The highest BCUT2D eigenvalue weighted by molar-refractivity contribution is 7.92. The minimum Gasteiger partial charge on any atom is -0.423 e. The number of ether oxygens (including phenoxy) is 1. The van der Waals surface area contributed by atoms with E-state index in [0.29, 0.717) is 21.3 Å². The Kier molecular flexibility index (Phi) is 6.42. The van der Waals surface area contributed by atoms with Gasteiger partial charge in [-0.25, -0.2) is 0 Å². The first-order chi connectivity index (χ1) is 12.2. The summed E-state index contributed by atoms with van der Waals surface area (Å²) in [4.78, 5) is 5.07. The average Bonchev–Trinajstić information content (AvgIpc) is 2.90. The number of hydrogen-bond acceptors (Lipinski definition) is 8. The van der Waals surface area contributed by atoms with Crippen molar-refractivity contribution in [3.05, 3.63) is 35.0 Å². The molecule has 0 saturated heterocycles. The van der Waals surface area contributed by atoms with Crippen LogP contribution >= 0.6 is 0 Å². The molecule has 11 heteroatoms. The van der Waals surface area contributed by atoms with Gasteiger partial charge in [0, 0.05) is 18.1 Å². The molecule has 0 atom stereocenters. The number of nitrogens with zero attached hydrogens (tertiary/aromatic N) is 2. The summed E-state index contributed by atoms with van der Waals surface area (Å²) in [6.45, 7) is 4.95. The fourth-order valence-corrected chi connectivity index (χ4v) is 3.89. The van der Waals surface area contributed by atoms with Crippen LogP contribution in [0.3, 0.4) is 0 Å². The number of methoxy groups -OCH3 is 1. The third kappa shape index (κ3) is 3.91. The van der Waals surface area contributed by atoms with Crippen molar-refractivity contribution in [3.8, 4) is 0 Å². The molecule has 9 nitrogen and oxygen atoms in total. The van der Waals surface area contributed by atoms with E-state index < -0.39 is 17.1 Å². The van der Waals surface area contributed by atoms with Gasteiger partial charge in [0.15, 0.2) is 0 Å². The molecule has 2 rings (SSSR count). The molecule has 0 unspecified atom stereocenters. The number of anilines is 1. The van der Waals surface area contributed by atoms with Gasteiger partial charge >= 0.3 is 7.12 Å². The van der Waals surface area contributed by atoms with Crippen LogP contribution in [0.15, 0.2) is 27.6 Å². The molecule has 2 N–H and O–H groups in total. The lowest BCUT2D eigenvalue weighted by atomic mass is 9.77. The fourth-order valence-electron chi connectivity index (χ4n) is 2.31. The molecule has 26 heavy (non-hydrogen) atoms. The molecule has 142 valence electrons. The Morgan fingerprint density at radius 2 is 1.92 bits per heavy atom. The lowest BCUT2D eigenvalue weighted by Gasteiger charge is -2.22. The number of rotatable bonds is 8. The molecule has 0 bridgehead atoms. The summed E-state index contributed by atoms with van der Waals surface area (Å²) in [5, 5.41) is 23.1. The van der Waals surface area contributed by atoms with Gasteiger partial charge in [0.1, 0.15) is 0 Å². The Balaban J connectivity index is 2.60. The Morgan fingerprint density at radius 1 is 1.23 bits per heavy atom. The average molecular weight is 384 g/mol. The summed E-state index contributed by atoms with van der Waals surface area (Å²) in [7, 11) is -4.86. The predicted molar refractivity (Wildman–Crippen MR) is 94.5 cm³/mol. The maximum absolute atomic E-state index is 13.2. The molecule has 0 fully saturated rings. The zero-order chi connectivity index (χ0) is 19.5. The second kappa shape index (κ2) is 8.19. The molecule has 0 aliphatic rings. The van der Waals surface area contributed by atoms with Gasteiger partial charge in [-0.3, -0.25) is 4.84 Å². The zero-order valence-corrected chi connectivity index (χ0v) is 15.8. The van der Waals surface area contributed by atoms with E-state index in [9.17, 15) is 18.5 Å². The van der Waals surface area contributed by atoms with Crippen molar-refractivity contribution in [2.45, 2.75) is 25.7 Å². The number of benzene rings is 1. The monoisotopic (exact) mass is 384 g/mol. The number of aryl methyl sites for hydroxylation is 2. The number of sulfonamides is 1. The molecule has 0 amide bonds. The van der Waals surface area contributed by atoms with E-state index in [2.05, 4.69) is 5.16 Å². The maximum Gasteiger partial charge on any atom is 0.490 e. The molecule has 1 heterocycles. The standard InChI is InChI=1S/C15H21BN2O7S/c1-10-6-5-7-13(14(10)16(19)20)26(21,22)18(24-9-8-23-4)15-11(2)12(3)17-25-15/h5-7,19-20H,8-9H2,1-4H3. The van der Waals surface area contributed by atoms with E-state index >= 15 is 0 Å². The first-order valence-electron chi connectivity index (χ1n) is 7.77. The van der Waals surface area contributed by atoms with Crippen molar-refractivity contribution in [1.29, 1.82) is 0 Å². The minimum absolute atomic E-state index is 0.0717. The number of aromatic nitrogens is 1. The van der Waals surface area contributed by atoms with E-state index in [0.717, 1.165) is 0 Å². The Morgan fingerprint density at radius 3 is 2.46 bits per heavy atom. The molecule has 0 spiro atoms. The van der Waals surface area contributed by atoms with Gasteiger partial charge in [0.05, 0.1) is 23.8 Å². The topological polar surface area (TPSA) is 122 Å². The normalized spacial score (nSPS) is 11.6.